The lowest BCUT2D eigenvalue weighted by molar-refractivity contribution is 0.276. The van der Waals surface area contributed by atoms with Crippen molar-refractivity contribution in [2.24, 2.45) is 11.7 Å². The second kappa shape index (κ2) is 5.33. The van der Waals surface area contributed by atoms with E-state index in [1.54, 1.807) is 0 Å². The minimum Gasteiger partial charge on any atom is -0.327 e. The summed E-state index contributed by atoms with van der Waals surface area (Å²) in [6.07, 6.45) is 6.57. The van der Waals surface area contributed by atoms with Crippen LogP contribution in [0.4, 0.5) is 0 Å². The van der Waals surface area contributed by atoms with Gasteiger partial charge < -0.3 is 5.73 Å². The largest absolute Gasteiger partial charge is 0.327 e. The van der Waals surface area contributed by atoms with Crippen LogP contribution in [-0.2, 0) is 0 Å². The third-order valence-corrected chi connectivity index (χ3v) is 4.97. The molecule has 1 aromatic rings. The van der Waals surface area contributed by atoms with E-state index in [0.29, 0.717) is 12.0 Å². The molecule has 0 aliphatic heterocycles. The Morgan fingerprint density at radius 1 is 1.38 bits per heavy atom. The Balaban J connectivity index is 2.06. The molecule has 3 unspecified atom stereocenters. The molecular weight excluding hydrogens is 214 g/mol. The lowest BCUT2D eigenvalue weighted by atomic mass is 9.76. The van der Waals surface area contributed by atoms with Gasteiger partial charge in [-0.2, -0.15) is 0 Å². The summed E-state index contributed by atoms with van der Waals surface area (Å²) in [6, 6.07) is 4.92. The first kappa shape index (κ1) is 12.1. The molecule has 1 fully saturated rings. The zero-order valence-corrected chi connectivity index (χ0v) is 11.2. The van der Waals surface area contributed by atoms with Crippen LogP contribution in [0.3, 0.4) is 0 Å². The number of nitrogens with two attached hydrogens (primary N) is 1. The highest BCUT2D eigenvalue weighted by atomic mass is 32.1. The maximum atomic E-state index is 6.29. The van der Waals surface area contributed by atoms with Crippen LogP contribution in [0, 0.1) is 12.8 Å². The molecule has 16 heavy (non-hydrogen) atoms. The predicted molar refractivity (Wildman–Crippen MR) is 72.0 cm³/mol. The minimum atomic E-state index is 0.395. The Hall–Kier alpha value is -0.340. The van der Waals surface area contributed by atoms with Crippen molar-refractivity contribution in [2.75, 3.05) is 0 Å². The SMILES string of the molecule is CCCC1CCC(N)C(c2ccc(C)s2)C1. The van der Waals surface area contributed by atoms with Crippen LogP contribution in [-0.4, -0.2) is 6.04 Å². The summed E-state index contributed by atoms with van der Waals surface area (Å²) >= 11 is 1.94. The second-order valence-corrected chi connectivity index (χ2v) is 6.51. The highest BCUT2D eigenvalue weighted by Gasteiger charge is 2.29. The van der Waals surface area contributed by atoms with Gasteiger partial charge in [0, 0.05) is 21.7 Å². The van der Waals surface area contributed by atoms with Gasteiger partial charge in [0.15, 0.2) is 0 Å². The van der Waals surface area contributed by atoms with Gasteiger partial charge in [-0.1, -0.05) is 19.8 Å². The van der Waals surface area contributed by atoms with Crippen molar-refractivity contribution in [1.29, 1.82) is 0 Å². The summed E-state index contributed by atoms with van der Waals surface area (Å²) in [6.45, 7) is 4.48. The lowest BCUT2D eigenvalue weighted by Crippen LogP contribution is -2.34. The fourth-order valence-corrected chi connectivity index (χ4v) is 4.00. The maximum Gasteiger partial charge on any atom is 0.0116 e. The molecule has 1 saturated carbocycles. The molecule has 90 valence electrons. The van der Waals surface area contributed by atoms with Gasteiger partial charge in [0.1, 0.15) is 0 Å². The van der Waals surface area contributed by atoms with Gasteiger partial charge in [-0.3, -0.25) is 0 Å². The molecule has 2 rings (SSSR count). The molecule has 0 bridgehead atoms. The molecule has 0 spiro atoms. The standard InChI is InChI=1S/C14H23NS/c1-3-4-11-6-7-13(15)12(9-11)14-8-5-10(2)16-14/h5,8,11-13H,3-4,6-7,9,15H2,1-2H3. The smallest absolute Gasteiger partial charge is 0.0116 e. The van der Waals surface area contributed by atoms with Gasteiger partial charge in [-0.25, -0.2) is 0 Å². The zero-order chi connectivity index (χ0) is 11.5. The normalized spacial score (nSPS) is 30.6. The van der Waals surface area contributed by atoms with E-state index in [1.807, 2.05) is 11.3 Å². The van der Waals surface area contributed by atoms with Crippen molar-refractivity contribution in [1.82, 2.24) is 0 Å². The molecule has 0 aromatic carbocycles. The third kappa shape index (κ3) is 2.67. The van der Waals surface area contributed by atoms with Crippen molar-refractivity contribution in [2.45, 2.75) is 57.9 Å². The quantitative estimate of drug-likeness (QED) is 0.842. The Morgan fingerprint density at radius 2 is 2.19 bits per heavy atom. The van der Waals surface area contributed by atoms with E-state index in [9.17, 15) is 0 Å². The molecular formula is C14H23NS. The topological polar surface area (TPSA) is 26.0 Å². The average Bonchev–Trinajstić information content (AvgIpc) is 2.68. The molecule has 1 aliphatic carbocycles. The minimum absolute atomic E-state index is 0.395. The molecule has 0 saturated heterocycles. The van der Waals surface area contributed by atoms with Crippen LogP contribution in [0.25, 0.3) is 0 Å². The van der Waals surface area contributed by atoms with Crippen LogP contribution in [0.15, 0.2) is 12.1 Å². The van der Waals surface area contributed by atoms with Crippen LogP contribution in [0.5, 0.6) is 0 Å². The van der Waals surface area contributed by atoms with E-state index < -0.39 is 0 Å². The lowest BCUT2D eigenvalue weighted by Gasteiger charge is -2.33. The maximum absolute atomic E-state index is 6.29. The number of hydrogen-bond acceptors (Lipinski definition) is 2. The number of hydrogen-bond donors (Lipinski definition) is 1. The summed E-state index contributed by atoms with van der Waals surface area (Å²) < 4.78 is 0. The van der Waals surface area contributed by atoms with Crippen LogP contribution in [0.1, 0.15) is 54.7 Å². The highest BCUT2D eigenvalue weighted by Crippen LogP contribution is 2.39. The predicted octanol–water partition coefficient (Wildman–Crippen LogP) is 4.07. The van der Waals surface area contributed by atoms with Gasteiger partial charge in [-0.15, -0.1) is 11.3 Å². The zero-order valence-electron chi connectivity index (χ0n) is 10.4. The van der Waals surface area contributed by atoms with Crippen LogP contribution < -0.4 is 5.73 Å². The third-order valence-electron chi connectivity index (χ3n) is 3.84. The number of thiophene rings is 1. The second-order valence-electron chi connectivity index (χ2n) is 5.19. The summed E-state index contributed by atoms with van der Waals surface area (Å²) in [5.74, 6) is 1.54. The molecule has 0 radical (unpaired) electrons. The molecule has 1 aromatic heterocycles. The number of aryl methyl sites for hydroxylation is 1. The monoisotopic (exact) mass is 237 g/mol. The first-order chi connectivity index (χ1) is 7.70. The fraction of sp³-hybridized carbons (Fsp3) is 0.714. The Labute approximate surface area is 103 Å². The van der Waals surface area contributed by atoms with E-state index >= 15 is 0 Å². The summed E-state index contributed by atoms with van der Waals surface area (Å²) in [5.41, 5.74) is 6.29. The Morgan fingerprint density at radius 3 is 2.81 bits per heavy atom. The van der Waals surface area contributed by atoms with Gasteiger partial charge in [-0.05, 0) is 44.2 Å². The van der Waals surface area contributed by atoms with E-state index in [2.05, 4.69) is 26.0 Å². The summed E-state index contributed by atoms with van der Waals surface area (Å²) in [5, 5.41) is 0. The molecule has 1 nitrogen and oxygen atoms in total. The van der Waals surface area contributed by atoms with E-state index in [4.69, 9.17) is 5.73 Å². The van der Waals surface area contributed by atoms with Gasteiger partial charge in [0.05, 0.1) is 0 Å². The first-order valence-electron chi connectivity index (χ1n) is 6.52. The molecule has 2 heteroatoms. The van der Waals surface area contributed by atoms with Crippen molar-refractivity contribution >= 4 is 11.3 Å². The van der Waals surface area contributed by atoms with Gasteiger partial charge in [0.25, 0.3) is 0 Å². The van der Waals surface area contributed by atoms with Crippen LogP contribution >= 0.6 is 11.3 Å². The van der Waals surface area contributed by atoms with Gasteiger partial charge >= 0.3 is 0 Å². The van der Waals surface area contributed by atoms with E-state index in [-0.39, 0.29) is 0 Å². The molecule has 0 amide bonds. The van der Waals surface area contributed by atoms with E-state index in [1.165, 1.54) is 41.9 Å². The molecule has 1 aliphatic rings. The van der Waals surface area contributed by atoms with Crippen molar-refractivity contribution < 1.29 is 0 Å². The average molecular weight is 237 g/mol. The van der Waals surface area contributed by atoms with Crippen molar-refractivity contribution in [3.8, 4) is 0 Å². The molecule has 3 atom stereocenters. The van der Waals surface area contributed by atoms with Crippen molar-refractivity contribution in [3.05, 3.63) is 21.9 Å². The van der Waals surface area contributed by atoms with Crippen LogP contribution in [0.2, 0.25) is 0 Å². The molecule has 2 N–H and O–H groups in total. The summed E-state index contributed by atoms with van der Waals surface area (Å²) in [4.78, 5) is 2.94. The fourth-order valence-electron chi connectivity index (χ4n) is 2.93. The highest BCUT2D eigenvalue weighted by molar-refractivity contribution is 7.12. The summed E-state index contributed by atoms with van der Waals surface area (Å²) in [7, 11) is 0. The van der Waals surface area contributed by atoms with Gasteiger partial charge in [0.2, 0.25) is 0 Å². The Kier molecular flexibility index (Phi) is 4.04. The van der Waals surface area contributed by atoms with Crippen molar-refractivity contribution in [3.63, 3.8) is 0 Å². The Bertz CT molecular complexity index is 331. The first-order valence-corrected chi connectivity index (χ1v) is 7.34. The number of rotatable bonds is 3. The van der Waals surface area contributed by atoms with E-state index in [0.717, 1.165) is 5.92 Å². The molecule has 1 heterocycles.